The van der Waals surface area contributed by atoms with Crippen molar-refractivity contribution in [3.63, 3.8) is 0 Å². The first-order valence-corrected chi connectivity index (χ1v) is 10.9. The fourth-order valence-corrected chi connectivity index (χ4v) is 4.63. The lowest BCUT2D eigenvalue weighted by Crippen LogP contribution is -2.33. The Morgan fingerprint density at radius 3 is 2.46 bits per heavy atom. The molecule has 2 aromatic rings. The van der Waals surface area contributed by atoms with Gasteiger partial charge >= 0.3 is 0 Å². The molecule has 0 saturated carbocycles. The van der Waals surface area contributed by atoms with E-state index in [1.54, 1.807) is 31.4 Å². The van der Waals surface area contributed by atoms with Crippen LogP contribution in [0.15, 0.2) is 40.6 Å². The van der Waals surface area contributed by atoms with Crippen molar-refractivity contribution < 1.29 is 22.7 Å². The number of hydrogen-bond donors (Lipinski definition) is 2. The van der Waals surface area contributed by atoms with E-state index in [4.69, 9.17) is 4.74 Å². The number of benzene rings is 1. The second-order valence-electron chi connectivity index (χ2n) is 5.66. The number of carbonyl (C=O) groups is 2. The topological polar surface area (TPSA) is 105 Å². The number of hydrogen-bond acceptors (Lipinski definition) is 6. The minimum atomic E-state index is -3.68. The molecule has 0 fully saturated rings. The molecular formula is C18H23N3O5S2. The molecule has 0 aliphatic rings. The van der Waals surface area contributed by atoms with Gasteiger partial charge in [0, 0.05) is 13.1 Å². The first-order chi connectivity index (χ1) is 13.3. The Kier molecular flexibility index (Phi) is 7.55. The van der Waals surface area contributed by atoms with Gasteiger partial charge in [0.05, 0.1) is 29.1 Å². The average Bonchev–Trinajstić information content (AvgIpc) is 3.21. The minimum Gasteiger partial charge on any atom is -0.495 e. The number of nitrogens with one attached hydrogen (secondary N) is 2. The van der Waals surface area contributed by atoms with E-state index in [2.05, 4.69) is 10.6 Å². The zero-order valence-corrected chi connectivity index (χ0v) is 17.5. The fraction of sp³-hybridized carbons (Fsp3) is 0.333. The van der Waals surface area contributed by atoms with Crippen molar-refractivity contribution in [2.45, 2.75) is 18.7 Å². The fourth-order valence-electron chi connectivity index (χ4n) is 2.51. The minimum absolute atomic E-state index is 0.0509. The van der Waals surface area contributed by atoms with Crippen molar-refractivity contribution in [3.05, 3.63) is 40.6 Å². The van der Waals surface area contributed by atoms with Crippen LogP contribution in [0.5, 0.6) is 5.75 Å². The van der Waals surface area contributed by atoms with Crippen LogP contribution in [0.2, 0.25) is 0 Å². The molecule has 2 N–H and O–H groups in total. The highest BCUT2D eigenvalue weighted by Crippen LogP contribution is 2.28. The van der Waals surface area contributed by atoms with Crippen LogP contribution in [0, 0.1) is 0 Å². The molecule has 0 radical (unpaired) electrons. The van der Waals surface area contributed by atoms with Gasteiger partial charge in [0.1, 0.15) is 5.75 Å². The summed E-state index contributed by atoms with van der Waals surface area (Å²) in [6, 6.07) is 7.66. The number of sulfonamides is 1. The van der Waals surface area contributed by atoms with E-state index in [1.165, 1.54) is 41.0 Å². The lowest BCUT2D eigenvalue weighted by atomic mass is 10.3. The van der Waals surface area contributed by atoms with Crippen LogP contribution < -0.4 is 15.4 Å². The van der Waals surface area contributed by atoms with Crippen molar-refractivity contribution in [1.29, 1.82) is 0 Å². The molecule has 0 bridgehead atoms. The predicted octanol–water partition coefficient (Wildman–Crippen LogP) is 2.16. The van der Waals surface area contributed by atoms with Crippen LogP contribution in [0.4, 0.5) is 5.69 Å². The maximum atomic E-state index is 12.7. The predicted molar refractivity (Wildman–Crippen MR) is 108 cm³/mol. The van der Waals surface area contributed by atoms with E-state index in [1.807, 2.05) is 0 Å². The summed E-state index contributed by atoms with van der Waals surface area (Å²) in [6.07, 6.45) is 0. The normalized spacial score (nSPS) is 11.3. The summed E-state index contributed by atoms with van der Waals surface area (Å²) < 4.78 is 31.9. The quantitative estimate of drug-likeness (QED) is 0.641. The highest BCUT2D eigenvalue weighted by Gasteiger charge is 2.23. The number of nitrogens with zero attached hydrogens (tertiary/aromatic N) is 1. The first-order valence-electron chi connectivity index (χ1n) is 8.63. The number of methoxy groups -OCH3 is 1. The van der Waals surface area contributed by atoms with Crippen LogP contribution in [-0.2, 0) is 14.8 Å². The van der Waals surface area contributed by atoms with Gasteiger partial charge in [-0.05, 0) is 29.6 Å². The third-order valence-corrected chi connectivity index (χ3v) is 6.86. The molecule has 8 nitrogen and oxygen atoms in total. The Morgan fingerprint density at radius 2 is 1.89 bits per heavy atom. The Morgan fingerprint density at radius 1 is 1.18 bits per heavy atom. The molecular weight excluding hydrogens is 402 g/mol. The zero-order valence-electron chi connectivity index (χ0n) is 15.9. The molecule has 0 atom stereocenters. The van der Waals surface area contributed by atoms with Gasteiger partial charge in [-0.2, -0.15) is 4.31 Å². The highest BCUT2D eigenvalue weighted by atomic mass is 32.2. The van der Waals surface area contributed by atoms with Gasteiger partial charge in [-0.1, -0.05) is 19.9 Å². The van der Waals surface area contributed by atoms with E-state index >= 15 is 0 Å². The monoisotopic (exact) mass is 425 g/mol. The summed E-state index contributed by atoms with van der Waals surface area (Å²) in [6.45, 7) is 3.92. The SMILES string of the molecule is CCN(CC)S(=O)(=O)c1ccc(OC)c(NC(=O)CNC(=O)c2cccs2)c1. The molecule has 0 unspecified atom stereocenters. The standard InChI is InChI=1S/C18H23N3O5S2/c1-4-21(5-2)28(24,25)13-8-9-15(26-3)14(11-13)20-17(22)12-19-18(23)16-7-6-10-27-16/h6-11H,4-5,12H2,1-3H3,(H,19,23)(H,20,22). The number of thiophene rings is 1. The van der Waals surface area contributed by atoms with Crippen LogP contribution in [0.25, 0.3) is 0 Å². The van der Waals surface area contributed by atoms with Gasteiger partial charge in [-0.3, -0.25) is 9.59 Å². The Labute approximate surface area is 168 Å². The van der Waals surface area contributed by atoms with Crippen molar-refractivity contribution in [2.24, 2.45) is 0 Å². The molecule has 0 spiro atoms. The summed E-state index contributed by atoms with van der Waals surface area (Å²) in [5, 5.41) is 6.87. The van der Waals surface area contributed by atoms with Crippen molar-refractivity contribution in [3.8, 4) is 5.75 Å². The average molecular weight is 426 g/mol. The Balaban J connectivity index is 2.15. The number of carbonyl (C=O) groups excluding carboxylic acids is 2. The van der Waals surface area contributed by atoms with E-state index < -0.39 is 15.9 Å². The molecule has 1 aromatic heterocycles. The molecule has 152 valence electrons. The number of amides is 2. The maximum absolute atomic E-state index is 12.7. The van der Waals surface area contributed by atoms with E-state index in [0.717, 1.165) is 0 Å². The third-order valence-electron chi connectivity index (χ3n) is 3.94. The van der Waals surface area contributed by atoms with Gasteiger partial charge in [-0.25, -0.2) is 8.42 Å². The molecule has 2 rings (SSSR count). The molecule has 2 amide bonds. The van der Waals surface area contributed by atoms with E-state index in [-0.39, 0.29) is 23.0 Å². The summed E-state index contributed by atoms with van der Waals surface area (Å²) in [4.78, 5) is 24.7. The van der Waals surface area contributed by atoms with Crippen LogP contribution in [0.1, 0.15) is 23.5 Å². The molecule has 10 heteroatoms. The second-order valence-corrected chi connectivity index (χ2v) is 8.55. The van der Waals surface area contributed by atoms with Gasteiger partial charge in [0.25, 0.3) is 5.91 Å². The van der Waals surface area contributed by atoms with E-state index in [9.17, 15) is 18.0 Å². The van der Waals surface area contributed by atoms with Crippen molar-refractivity contribution >= 4 is 38.9 Å². The highest BCUT2D eigenvalue weighted by molar-refractivity contribution is 7.89. The largest absolute Gasteiger partial charge is 0.495 e. The van der Waals surface area contributed by atoms with Gasteiger partial charge in [0.2, 0.25) is 15.9 Å². The summed E-state index contributed by atoms with van der Waals surface area (Å²) in [7, 11) is -2.26. The lowest BCUT2D eigenvalue weighted by Gasteiger charge is -2.19. The third kappa shape index (κ3) is 5.09. The van der Waals surface area contributed by atoms with Crippen LogP contribution in [0.3, 0.4) is 0 Å². The van der Waals surface area contributed by atoms with Gasteiger partial charge in [-0.15, -0.1) is 11.3 Å². The molecule has 0 aliphatic heterocycles. The Bertz CT molecular complexity index is 923. The number of rotatable bonds is 9. The number of ether oxygens (including phenoxy) is 1. The molecule has 0 aliphatic carbocycles. The molecule has 0 saturated heterocycles. The summed E-state index contributed by atoms with van der Waals surface area (Å²) in [5.41, 5.74) is 0.214. The van der Waals surface area contributed by atoms with Crippen molar-refractivity contribution in [1.82, 2.24) is 9.62 Å². The summed E-state index contributed by atoms with van der Waals surface area (Å²) in [5.74, 6) is -0.535. The summed E-state index contributed by atoms with van der Waals surface area (Å²) >= 11 is 1.27. The van der Waals surface area contributed by atoms with Crippen LogP contribution in [-0.4, -0.2) is 51.3 Å². The zero-order chi connectivity index (χ0) is 20.7. The lowest BCUT2D eigenvalue weighted by molar-refractivity contribution is -0.115. The smallest absolute Gasteiger partial charge is 0.261 e. The first kappa shape index (κ1) is 21.9. The maximum Gasteiger partial charge on any atom is 0.261 e. The van der Waals surface area contributed by atoms with E-state index in [0.29, 0.717) is 23.7 Å². The molecule has 1 aromatic carbocycles. The molecule has 28 heavy (non-hydrogen) atoms. The second kappa shape index (κ2) is 9.67. The number of anilines is 1. The molecule has 1 heterocycles. The van der Waals surface area contributed by atoms with Crippen molar-refractivity contribution in [2.75, 3.05) is 32.1 Å². The van der Waals surface area contributed by atoms with Gasteiger partial charge < -0.3 is 15.4 Å². The van der Waals surface area contributed by atoms with Crippen LogP contribution >= 0.6 is 11.3 Å². The van der Waals surface area contributed by atoms with Gasteiger partial charge in [0.15, 0.2) is 0 Å². The Hall–Kier alpha value is -2.43.